The van der Waals surface area contributed by atoms with Crippen LogP contribution in [0.1, 0.15) is 29.3 Å². The highest BCUT2D eigenvalue weighted by Crippen LogP contribution is 2.05. The predicted molar refractivity (Wildman–Crippen MR) is 72.6 cm³/mol. The van der Waals surface area contributed by atoms with Crippen molar-refractivity contribution in [1.29, 1.82) is 0 Å². The molecule has 0 atom stereocenters. The van der Waals surface area contributed by atoms with Crippen LogP contribution in [-0.2, 0) is 11.3 Å². The second-order valence-electron chi connectivity index (χ2n) is 3.83. The predicted octanol–water partition coefficient (Wildman–Crippen LogP) is 2.20. The van der Waals surface area contributed by atoms with Crippen molar-refractivity contribution in [3.05, 3.63) is 47.7 Å². The lowest BCUT2D eigenvalue weighted by molar-refractivity contribution is 0.0600. The van der Waals surface area contributed by atoms with Gasteiger partial charge in [-0.05, 0) is 24.1 Å². The van der Waals surface area contributed by atoms with Crippen molar-refractivity contribution in [1.82, 2.24) is 10.6 Å². The lowest BCUT2D eigenvalue weighted by atomic mass is 10.1. The van der Waals surface area contributed by atoms with Gasteiger partial charge in [0.2, 0.25) is 0 Å². The molecule has 2 amide bonds. The van der Waals surface area contributed by atoms with Crippen LogP contribution in [0.2, 0.25) is 0 Å². The Morgan fingerprint density at radius 1 is 1.26 bits per heavy atom. The summed E-state index contributed by atoms with van der Waals surface area (Å²) < 4.78 is 4.60. The fourth-order valence-electron chi connectivity index (χ4n) is 1.36. The highest BCUT2D eigenvalue weighted by atomic mass is 16.5. The molecule has 5 heteroatoms. The Morgan fingerprint density at radius 2 is 1.95 bits per heavy atom. The molecule has 2 N–H and O–H groups in total. The van der Waals surface area contributed by atoms with Crippen molar-refractivity contribution in [2.24, 2.45) is 0 Å². The molecule has 102 valence electrons. The van der Waals surface area contributed by atoms with Gasteiger partial charge in [-0.1, -0.05) is 25.1 Å². The third-order valence-corrected chi connectivity index (χ3v) is 2.40. The Bertz CT molecular complexity index is 452. The first-order chi connectivity index (χ1) is 9.17. The van der Waals surface area contributed by atoms with Crippen LogP contribution in [0.4, 0.5) is 4.79 Å². The Morgan fingerprint density at radius 3 is 2.53 bits per heavy atom. The van der Waals surface area contributed by atoms with E-state index in [1.165, 1.54) is 7.11 Å². The number of allylic oxidation sites excluding steroid dienone is 1. The minimum absolute atomic E-state index is 0.262. The largest absolute Gasteiger partial charge is 0.465 e. The molecule has 1 rings (SSSR count). The van der Waals surface area contributed by atoms with Gasteiger partial charge in [-0.25, -0.2) is 9.59 Å². The molecule has 19 heavy (non-hydrogen) atoms. The van der Waals surface area contributed by atoms with Crippen LogP contribution in [0.3, 0.4) is 0 Å². The van der Waals surface area contributed by atoms with Crippen LogP contribution in [0.25, 0.3) is 0 Å². The molecule has 0 aromatic heterocycles. The average Bonchev–Trinajstić information content (AvgIpc) is 2.45. The minimum atomic E-state index is -0.373. The molecule has 0 radical (unpaired) electrons. The van der Waals surface area contributed by atoms with Crippen LogP contribution in [0, 0.1) is 0 Å². The number of rotatable bonds is 5. The molecule has 0 fully saturated rings. The van der Waals surface area contributed by atoms with E-state index in [9.17, 15) is 9.59 Å². The van der Waals surface area contributed by atoms with Gasteiger partial charge < -0.3 is 15.4 Å². The zero-order valence-electron chi connectivity index (χ0n) is 11.1. The van der Waals surface area contributed by atoms with E-state index < -0.39 is 0 Å². The summed E-state index contributed by atoms with van der Waals surface area (Å²) in [5.74, 6) is -0.373. The van der Waals surface area contributed by atoms with Gasteiger partial charge >= 0.3 is 12.0 Å². The number of benzene rings is 1. The van der Waals surface area contributed by atoms with Crippen molar-refractivity contribution in [3.63, 3.8) is 0 Å². The molecule has 1 aromatic rings. The van der Waals surface area contributed by atoms with Crippen molar-refractivity contribution < 1.29 is 14.3 Å². The second-order valence-corrected chi connectivity index (χ2v) is 3.83. The zero-order chi connectivity index (χ0) is 14.1. The number of ether oxygens (including phenoxy) is 1. The lowest BCUT2D eigenvalue weighted by Gasteiger charge is -2.05. The maximum absolute atomic E-state index is 11.4. The maximum atomic E-state index is 11.4. The van der Waals surface area contributed by atoms with Crippen LogP contribution in [0.15, 0.2) is 36.5 Å². The van der Waals surface area contributed by atoms with E-state index in [4.69, 9.17) is 0 Å². The Labute approximate surface area is 112 Å². The number of urea groups is 1. The molecule has 5 nitrogen and oxygen atoms in total. The molecule has 0 unspecified atom stereocenters. The molecule has 0 bridgehead atoms. The van der Waals surface area contributed by atoms with Crippen LogP contribution < -0.4 is 10.6 Å². The van der Waals surface area contributed by atoms with Gasteiger partial charge in [0.05, 0.1) is 12.7 Å². The molecule has 0 saturated heterocycles. The molecule has 0 saturated carbocycles. The van der Waals surface area contributed by atoms with Gasteiger partial charge in [-0.3, -0.25) is 0 Å². The Balaban J connectivity index is 2.43. The fourth-order valence-corrected chi connectivity index (χ4v) is 1.36. The molecular weight excluding hydrogens is 244 g/mol. The maximum Gasteiger partial charge on any atom is 0.337 e. The number of methoxy groups -OCH3 is 1. The molecule has 0 spiro atoms. The smallest absolute Gasteiger partial charge is 0.337 e. The van der Waals surface area contributed by atoms with Crippen molar-refractivity contribution in [2.45, 2.75) is 19.9 Å². The van der Waals surface area contributed by atoms with Crippen LogP contribution in [-0.4, -0.2) is 19.1 Å². The van der Waals surface area contributed by atoms with Crippen LogP contribution in [0.5, 0.6) is 0 Å². The normalized spacial score (nSPS) is 10.2. The summed E-state index contributed by atoms with van der Waals surface area (Å²) >= 11 is 0. The second kappa shape index (κ2) is 7.92. The highest BCUT2D eigenvalue weighted by Gasteiger charge is 2.04. The Kier molecular flexibility index (Phi) is 6.15. The SMILES string of the molecule is CC/C=C/NC(=O)NCc1ccc(C(=O)OC)cc1. The quantitative estimate of drug-likeness (QED) is 0.799. The topological polar surface area (TPSA) is 67.4 Å². The molecule has 1 aromatic carbocycles. The standard InChI is InChI=1S/C14H18N2O3/c1-3-4-9-15-14(18)16-10-11-5-7-12(8-6-11)13(17)19-2/h4-9H,3,10H2,1-2H3,(H2,15,16,18)/b9-4+. The number of carbonyl (C=O) groups excluding carboxylic acids is 2. The van der Waals surface area contributed by atoms with Gasteiger partial charge in [-0.15, -0.1) is 0 Å². The third-order valence-electron chi connectivity index (χ3n) is 2.40. The third kappa shape index (κ3) is 5.25. The number of hydrogen-bond donors (Lipinski definition) is 2. The van der Waals surface area contributed by atoms with Gasteiger partial charge in [0.1, 0.15) is 0 Å². The summed E-state index contributed by atoms with van der Waals surface area (Å²) in [7, 11) is 1.34. The number of nitrogens with one attached hydrogen (secondary N) is 2. The molecule has 0 aliphatic heterocycles. The van der Waals surface area contributed by atoms with E-state index in [0.29, 0.717) is 12.1 Å². The zero-order valence-corrected chi connectivity index (χ0v) is 11.1. The first-order valence-electron chi connectivity index (χ1n) is 6.04. The van der Waals surface area contributed by atoms with E-state index in [-0.39, 0.29) is 12.0 Å². The van der Waals surface area contributed by atoms with Crippen molar-refractivity contribution in [2.75, 3.05) is 7.11 Å². The van der Waals surface area contributed by atoms with Gasteiger partial charge in [-0.2, -0.15) is 0 Å². The number of hydrogen-bond acceptors (Lipinski definition) is 3. The van der Waals surface area contributed by atoms with Crippen molar-refractivity contribution >= 4 is 12.0 Å². The van der Waals surface area contributed by atoms with E-state index in [1.54, 1.807) is 30.5 Å². The summed E-state index contributed by atoms with van der Waals surface area (Å²) in [5, 5.41) is 5.29. The highest BCUT2D eigenvalue weighted by molar-refractivity contribution is 5.89. The first-order valence-corrected chi connectivity index (χ1v) is 6.04. The Hall–Kier alpha value is -2.30. The molecule has 0 aliphatic carbocycles. The summed E-state index contributed by atoms with van der Waals surface area (Å²) in [6.45, 7) is 2.38. The average molecular weight is 262 g/mol. The van der Waals surface area contributed by atoms with E-state index in [2.05, 4.69) is 15.4 Å². The van der Waals surface area contributed by atoms with E-state index in [1.807, 2.05) is 13.0 Å². The fraction of sp³-hybridized carbons (Fsp3) is 0.286. The minimum Gasteiger partial charge on any atom is -0.465 e. The lowest BCUT2D eigenvalue weighted by Crippen LogP contribution is -2.31. The first kappa shape index (κ1) is 14.8. The van der Waals surface area contributed by atoms with Crippen molar-refractivity contribution in [3.8, 4) is 0 Å². The van der Waals surface area contributed by atoms with Gasteiger partial charge in [0.15, 0.2) is 0 Å². The monoisotopic (exact) mass is 262 g/mol. The van der Waals surface area contributed by atoms with Crippen LogP contribution >= 0.6 is 0 Å². The molecular formula is C14H18N2O3. The summed E-state index contributed by atoms with van der Waals surface area (Å²) in [4.78, 5) is 22.6. The molecule has 0 aliphatic rings. The summed E-state index contributed by atoms with van der Waals surface area (Å²) in [6, 6.07) is 6.61. The molecule has 0 heterocycles. The van der Waals surface area contributed by atoms with E-state index >= 15 is 0 Å². The number of esters is 1. The van der Waals surface area contributed by atoms with Gasteiger partial charge in [0, 0.05) is 12.7 Å². The summed E-state index contributed by atoms with van der Waals surface area (Å²) in [5.41, 5.74) is 1.39. The number of amides is 2. The summed E-state index contributed by atoms with van der Waals surface area (Å²) in [6.07, 6.45) is 4.33. The van der Waals surface area contributed by atoms with E-state index in [0.717, 1.165) is 12.0 Å². The van der Waals surface area contributed by atoms with Gasteiger partial charge in [0.25, 0.3) is 0 Å². The number of carbonyl (C=O) groups is 2.